The Bertz CT molecular complexity index is 762. The normalized spacial score (nSPS) is 13.4. The monoisotopic (exact) mass is 322 g/mol. The van der Waals surface area contributed by atoms with Crippen LogP contribution >= 0.6 is 0 Å². The zero-order valence-electron chi connectivity index (χ0n) is 14.1. The average Bonchev–Trinajstić information content (AvgIpc) is 3.41. The second-order valence-corrected chi connectivity index (χ2v) is 6.46. The van der Waals surface area contributed by atoms with Crippen molar-refractivity contribution in [3.8, 4) is 0 Å². The molecule has 2 N–H and O–H groups in total. The van der Waals surface area contributed by atoms with Crippen LogP contribution in [0.25, 0.3) is 0 Å². The van der Waals surface area contributed by atoms with Gasteiger partial charge in [0.2, 0.25) is 5.91 Å². The summed E-state index contributed by atoms with van der Waals surface area (Å²) in [6, 6.07) is 13.5. The third-order valence-electron chi connectivity index (χ3n) is 4.26. The quantitative estimate of drug-likeness (QED) is 0.884. The highest BCUT2D eigenvalue weighted by atomic mass is 16.2. The zero-order chi connectivity index (χ0) is 17.1. The van der Waals surface area contributed by atoms with E-state index in [9.17, 15) is 9.59 Å². The number of hydrogen-bond acceptors (Lipinski definition) is 2. The summed E-state index contributed by atoms with van der Waals surface area (Å²) in [4.78, 5) is 24.0. The molecule has 0 spiro atoms. The molecule has 0 aliphatic heterocycles. The fourth-order valence-electron chi connectivity index (χ4n) is 2.55. The van der Waals surface area contributed by atoms with Crippen molar-refractivity contribution in [2.75, 3.05) is 5.32 Å². The predicted octanol–water partition coefficient (Wildman–Crippen LogP) is 3.58. The van der Waals surface area contributed by atoms with Crippen LogP contribution < -0.4 is 10.6 Å². The summed E-state index contributed by atoms with van der Waals surface area (Å²) in [5.41, 5.74) is 4.55. The molecule has 0 unspecified atom stereocenters. The van der Waals surface area contributed by atoms with E-state index < -0.39 is 0 Å². The van der Waals surface area contributed by atoms with E-state index in [1.807, 2.05) is 56.3 Å². The van der Waals surface area contributed by atoms with Crippen LogP contribution in [0.3, 0.4) is 0 Å². The van der Waals surface area contributed by atoms with Gasteiger partial charge in [-0.3, -0.25) is 9.59 Å². The lowest BCUT2D eigenvalue weighted by Crippen LogP contribution is -2.23. The van der Waals surface area contributed by atoms with Crippen molar-refractivity contribution in [2.24, 2.45) is 5.92 Å². The van der Waals surface area contributed by atoms with Gasteiger partial charge in [-0.2, -0.15) is 0 Å². The number of amides is 2. The lowest BCUT2D eigenvalue weighted by Gasteiger charge is -2.10. The van der Waals surface area contributed by atoms with E-state index in [0.717, 1.165) is 35.2 Å². The molecule has 24 heavy (non-hydrogen) atoms. The van der Waals surface area contributed by atoms with Crippen LogP contribution in [0.5, 0.6) is 0 Å². The smallest absolute Gasteiger partial charge is 0.251 e. The van der Waals surface area contributed by atoms with Crippen molar-refractivity contribution >= 4 is 17.5 Å². The number of benzene rings is 2. The SMILES string of the molecule is Cc1ccc(C)c(C(=O)NCc2ccc(NC(=O)C3CC3)cc2)c1. The van der Waals surface area contributed by atoms with Crippen molar-refractivity contribution < 1.29 is 9.59 Å². The summed E-state index contributed by atoms with van der Waals surface area (Å²) in [6.45, 7) is 4.37. The molecule has 3 rings (SSSR count). The van der Waals surface area contributed by atoms with Crippen molar-refractivity contribution in [3.05, 3.63) is 64.7 Å². The Balaban J connectivity index is 1.57. The Hall–Kier alpha value is -2.62. The fraction of sp³-hybridized carbons (Fsp3) is 0.300. The first kappa shape index (κ1) is 16.2. The minimum absolute atomic E-state index is 0.0673. The number of aryl methyl sites for hydroxylation is 2. The van der Waals surface area contributed by atoms with E-state index in [-0.39, 0.29) is 17.7 Å². The van der Waals surface area contributed by atoms with Gasteiger partial charge in [-0.1, -0.05) is 29.8 Å². The second kappa shape index (κ2) is 6.87. The highest BCUT2D eigenvalue weighted by molar-refractivity contribution is 5.96. The molecule has 4 heteroatoms. The number of carbonyl (C=O) groups is 2. The largest absolute Gasteiger partial charge is 0.348 e. The third-order valence-corrected chi connectivity index (χ3v) is 4.26. The van der Waals surface area contributed by atoms with Crippen LogP contribution in [0.2, 0.25) is 0 Å². The van der Waals surface area contributed by atoms with Gasteiger partial charge in [-0.25, -0.2) is 0 Å². The lowest BCUT2D eigenvalue weighted by molar-refractivity contribution is -0.117. The van der Waals surface area contributed by atoms with Gasteiger partial charge < -0.3 is 10.6 Å². The Kier molecular flexibility index (Phi) is 4.65. The number of anilines is 1. The summed E-state index contributed by atoms with van der Waals surface area (Å²) in [6.07, 6.45) is 1.99. The highest BCUT2D eigenvalue weighted by Crippen LogP contribution is 2.30. The molecule has 1 fully saturated rings. The van der Waals surface area contributed by atoms with Crippen LogP contribution in [-0.4, -0.2) is 11.8 Å². The predicted molar refractivity (Wildman–Crippen MR) is 94.9 cm³/mol. The van der Waals surface area contributed by atoms with Gasteiger partial charge in [-0.15, -0.1) is 0 Å². The average molecular weight is 322 g/mol. The summed E-state index contributed by atoms with van der Waals surface area (Å²) in [7, 11) is 0. The molecule has 2 amide bonds. The standard InChI is InChI=1S/C20H22N2O2/c1-13-3-4-14(2)18(11-13)20(24)21-12-15-5-9-17(10-6-15)22-19(23)16-7-8-16/h3-6,9-11,16H,7-8,12H2,1-2H3,(H,21,24)(H,22,23). The Morgan fingerprint density at radius 2 is 1.75 bits per heavy atom. The van der Waals surface area contributed by atoms with Crippen molar-refractivity contribution in [1.29, 1.82) is 0 Å². The molecule has 124 valence electrons. The maximum Gasteiger partial charge on any atom is 0.251 e. The molecule has 1 saturated carbocycles. The van der Waals surface area contributed by atoms with Crippen molar-refractivity contribution in [1.82, 2.24) is 5.32 Å². The van der Waals surface area contributed by atoms with Gasteiger partial charge in [-0.05, 0) is 56.0 Å². The molecule has 0 saturated heterocycles. The Morgan fingerprint density at radius 1 is 1.04 bits per heavy atom. The van der Waals surface area contributed by atoms with E-state index in [0.29, 0.717) is 12.1 Å². The first-order chi connectivity index (χ1) is 11.5. The number of carbonyl (C=O) groups excluding carboxylic acids is 2. The third kappa shape index (κ3) is 4.02. The van der Waals surface area contributed by atoms with Crippen LogP contribution in [-0.2, 0) is 11.3 Å². The maximum atomic E-state index is 12.3. The number of hydrogen-bond donors (Lipinski definition) is 2. The highest BCUT2D eigenvalue weighted by Gasteiger charge is 2.29. The number of rotatable bonds is 5. The molecule has 0 heterocycles. The molecule has 0 bridgehead atoms. The van der Waals surface area contributed by atoms with Gasteiger partial charge in [0.05, 0.1) is 0 Å². The molecule has 4 nitrogen and oxygen atoms in total. The molecule has 0 atom stereocenters. The van der Waals surface area contributed by atoms with Gasteiger partial charge in [0, 0.05) is 23.7 Å². The molecule has 2 aromatic carbocycles. The van der Waals surface area contributed by atoms with Gasteiger partial charge >= 0.3 is 0 Å². The van der Waals surface area contributed by atoms with E-state index >= 15 is 0 Å². The second-order valence-electron chi connectivity index (χ2n) is 6.46. The Morgan fingerprint density at radius 3 is 2.42 bits per heavy atom. The summed E-state index contributed by atoms with van der Waals surface area (Å²) < 4.78 is 0. The summed E-state index contributed by atoms with van der Waals surface area (Å²) in [5.74, 6) is 0.231. The van der Waals surface area contributed by atoms with E-state index in [1.54, 1.807) is 0 Å². The minimum Gasteiger partial charge on any atom is -0.348 e. The van der Waals surface area contributed by atoms with Crippen LogP contribution in [0.15, 0.2) is 42.5 Å². The molecule has 1 aliphatic rings. The van der Waals surface area contributed by atoms with E-state index in [2.05, 4.69) is 10.6 Å². The maximum absolute atomic E-state index is 12.3. The number of nitrogens with one attached hydrogen (secondary N) is 2. The molecular weight excluding hydrogens is 300 g/mol. The van der Waals surface area contributed by atoms with Crippen molar-refractivity contribution in [3.63, 3.8) is 0 Å². The van der Waals surface area contributed by atoms with E-state index in [4.69, 9.17) is 0 Å². The molecule has 2 aromatic rings. The first-order valence-electron chi connectivity index (χ1n) is 8.28. The molecule has 0 radical (unpaired) electrons. The Labute approximate surface area is 142 Å². The van der Waals surface area contributed by atoms with Gasteiger partial charge in [0.25, 0.3) is 5.91 Å². The fourth-order valence-corrected chi connectivity index (χ4v) is 2.55. The first-order valence-corrected chi connectivity index (χ1v) is 8.28. The minimum atomic E-state index is -0.0673. The van der Waals surface area contributed by atoms with E-state index in [1.165, 1.54) is 0 Å². The van der Waals surface area contributed by atoms with Crippen molar-refractivity contribution in [2.45, 2.75) is 33.2 Å². The molecular formula is C20H22N2O2. The summed E-state index contributed by atoms with van der Waals surface area (Å²) in [5, 5.41) is 5.85. The van der Waals surface area contributed by atoms with Crippen LogP contribution in [0.1, 0.15) is 39.9 Å². The molecule has 1 aliphatic carbocycles. The molecule has 0 aromatic heterocycles. The van der Waals surface area contributed by atoms with Gasteiger partial charge in [0.15, 0.2) is 0 Å². The summed E-state index contributed by atoms with van der Waals surface area (Å²) >= 11 is 0. The van der Waals surface area contributed by atoms with Crippen LogP contribution in [0.4, 0.5) is 5.69 Å². The lowest BCUT2D eigenvalue weighted by atomic mass is 10.0. The van der Waals surface area contributed by atoms with Gasteiger partial charge in [0.1, 0.15) is 0 Å². The topological polar surface area (TPSA) is 58.2 Å². The zero-order valence-corrected chi connectivity index (χ0v) is 14.1. The van der Waals surface area contributed by atoms with Crippen LogP contribution in [0, 0.1) is 19.8 Å².